The van der Waals surface area contributed by atoms with Crippen molar-refractivity contribution in [3.05, 3.63) is 18.5 Å². The number of nitrogens with zero attached hydrogens (tertiary/aromatic N) is 3. The van der Waals surface area contributed by atoms with Gasteiger partial charge < -0.3 is 10.2 Å². The molecule has 0 aromatic carbocycles. The Labute approximate surface area is 114 Å². The lowest BCUT2D eigenvalue weighted by molar-refractivity contribution is -0.183. The van der Waals surface area contributed by atoms with Gasteiger partial charge in [-0.25, -0.2) is 0 Å². The number of nitrogens with one attached hydrogen (secondary N) is 1. The monoisotopic (exact) mass is 290 g/mol. The molecular formula is C12H17F3N4O. The smallest absolute Gasteiger partial charge is 0.354 e. The molecular weight excluding hydrogens is 273 g/mol. The van der Waals surface area contributed by atoms with Crippen molar-refractivity contribution in [2.75, 3.05) is 26.7 Å². The van der Waals surface area contributed by atoms with Crippen LogP contribution in [0.15, 0.2) is 18.5 Å². The quantitative estimate of drug-likeness (QED) is 0.890. The molecule has 1 N–H and O–H groups in total. The molecule has 2 heterocycles. The molecule has 1 aliphatic rings. The minimum Gasteiger partial charge on any atom is -0.354 e. The fourth-order valence-corrected chi connectivity index (χ4v) is 2.46. The molecule has 1 amide bonds. The lowest BCUT2D eigenvalue weighted by Gasteiger charge is -2.20. The second-order valence-corrected chi connectivity index (χ2v) is 5.04. The number of hydrogen-bond donors (Lipinski definition) is 1. The summed E-state index contributed by atoms with van der Waals surface area (Å²) in [5.74, 6) is -3.15. The minimum absolute atomic E-state index is 0.124. The van der Waals surface area contributed by atoms with E-state index in [0.717, 1.165) is 0 Å². The summed E-state index contributed by atoms with van der Waals surface area (Å²) in [5, 5.41) is 6.51. The summed E-state index contributed by atoms with van der Waals surface area (Å²) in [6.45, 7) is 0.724. The van der Waals surface area contributed by atoms with Crippen LogP contribution in [0.4, 0.5) is 13.2 Å². The molecule has 2 rings (SSSR count). The molecule has 1 aromatic heterocycles. The third-order valence-corrected chi connectivity index (χ3v) is 3.46. The van der Waals surface area contributed by atoms with Crippen LogP contribution < -0.4 is 5.32 Å². The van der Waals surface area contributed by atoms with E-state index in [1.165, 1.54) is 4.90 Å². The summed E-state index contributed by atoms with van der Waals surface area (Å²) >= 11 is 0. The Morgan fingerprint density at radius 3 is 2.80 bits per heavy atom. The van der Waals surface area contributed by atoms with Crippen LogP contribution in [0, 0.1) is 11.8 Å². The van der Waals surface area contributed by atoms with Gasteiger partial charge in [-0.05, 0) is 13.1 Å². The molecule has 112 valence electrons. The second kappa shape index (κ2) is 5.82. The third-order valence-electron chi connectivity index (χ3n) is 3.46. The van der Waals surface area contributed by atoms with Crippen molar-refractivity contribution >= 4 is 5.91 Å². The molecule has 0 spiro atoms. The van der Waals surface area contributed by atoms with E-state index in [1.54, 1.807) is 30.2 Å². The highest BCUT2D eigenvalue weighted by Gasteiger charge is 2.51. The van der Waals surface area contributed by atoms with E-state index in [0.29, 0.717) is 6.54 Å². The van der Waals surface area contributed by atoms with Crippen LogP contribution in [-0.2, 0) is 11.3 Å². The summed E-state index contributed by atoms with van der Waals surface area (Å²) in [4.78, 5) is 13.4. The molecule has 1 aliphatic heterocycles. The van der Waals surface area contributed by atoms with E-state index in [4.69, 9.17) is 0 Å². The number of rotatable bonds is 4. The van der Waals surface area contributed by atoms with Crippen molar-refractivity contribution in [3.63, 3.8) is 0 Å². The Kier molecular flexibility index (Phi) is 4.32. The van der Waals surface area contributed by atoms with Crippen molar-refractivity contribution < 1.29 is 18.0 Å². The molecule has 1 fully saturated rings. The van der Waals surface area contributed by atoms with Crippen molar-refractivity contribution in [3.8, 4) is 0 Å². The minimum atomic E-state index is -4.34. The molecule has 0 bridgehead atoms. The Morgan fingerprint density at radius 1 is 1.45 bits per heavy atom. The summed E-state index contributed by atoms with van der Waals surface area (Å²) in [5.41, 5.74) is 0. The standard InChI is InChI=1S/C12H17F3N4O/c1-18-7-9(10(8-18)12(13,14)15)11(20)16-4-6-19-5-2-3-17-19/h2-3,5,9-10H,4,6-8H2,1H3,(H,16,20)/t9-,10-/m1/s1. The van der Waals surface area contributed by atoms with Crippen molar-refractivity contribution in [1.29, 1.82) is 0 Å². The first-order valence-electron chi connectivity index (χ1n) is 6.38. The van der Waals surface area contributed by atoms with E-state index in [2.05, 4.69) is 10.4 Å². The van der Waals surface area contributed by atoms with E-state index < -0.39 is 23.9 Å². The second-order valence-electron chi connectivity index (χ2n) is 5.04. The third kappa shape index (κ3) is 3.50. The maximum atomic E-state index is 12.9. The molecule has 0 aliphatic carbocycles. The van der Waals surface area contributed by atoms with Crippen LogP contribution >= 0.6 is 0 Å². The van der Waals surface area contributed by atoms with Gasteiger partial charge in [-0.2, -0.15) is 18.3 Å². The maximum Gasteiger partial charge on any atom is 0.393 e. The summed E-state index contributed by atoms with van der Waals surface area (Å²) < 4.78 is 40.2. The number of likely N-dealkylation sites (tertiary alicyclic amines) is 1. The highest BCUT2D eigenvalue weighted by atomic mass is 19.4. The number of halogens is 3. The van der Waals surface area contributed by atoms with Gasteiger partial charge in [0.1, 0.15) is 0 Å². The first-order chi connectivity index (χ1) is 9.38. The number of amides is 1. The Morgan fingerprint density at radius 2 is 2.20 bits per heavy atom. The van der Waals surface area contributed by atoms with E-state index in [1.807, 2.05) is 0 Å². The molecule has 20 heavy (non-hydrogen) atoms. The van der Waals surface area contributed by atoms with Crippen molar-refractivity contribution in [1.82, 2.24) is 20.0 Å². The van der Waals surface area contributed by atoms with Crippen molar-refractivity contribution in [2.45, 2.75) is 12.7 Å². The Hall–Kier alpha value is -1.57. The molecule has 2 atom stereocenters. The van der Waals surface area contributed by atoms with E-state index in [-0.39, 0.29) is 19.6 Å². The van der Waals surface area contributed by atoms with Crippen molar-refractivity contribution in [2.24, 2.45) is 11.8 Å². The van der Waals surface area contributed by atoms with Gasteiger partial charge in [-0.1, -0.05) is 0 Å². The summed E-state index contributed by atoms with van der Waals surface area (Å²) in [7, 11) is 1.59. The fourth-order valence-electron chi connectivity index (χ4n) is 2.46. The zero-order chi connectivity index (χ0) is 14.8. The van der Waals surface area contributed by atoms with Gasteiger partial charge in [0, 0.05) is 32.0 Å². The highest BCUT2D eigenvalue weighted by Crippen LogP contribution is 2.37. The number of alkyl halides is 3. The lowest BCUT2D eigenvalue weighted by atomic mass is 9.94. The zero-order valence-electron chi connectivity index (χ0n) is 11.1. The first-order valence-corrected chi connectivity index (χ1v) is 6.38. The van der Waals surface area contributed by atoms with E-state index in [9.17, 15) is 18.0 Å². The summed E-state index contributed by atoms with van der Waals surface area (Å²) in [6, 6.07) is 1.74. The zero-order valence-corrected chi connectivity index (χ0v) is 11.1. The van der Waals surface area contributed by atoms with Gasteiger partial charge in [-0.15, -0.1) is 0 Å². The number of aromatic nitrogens is 2. The average molecular weight is 290 g/mol. The lowest BCUT2D eigenvalue weighted by Crippen LogP contribution is -2.41. The van der Waals surface area contributed by atoms with Gasteiger partial charge in [0.15, 0.2) is 0 Å². The summed E-state index contributed by atoms with van der Waals surface area (Å²) in [6.07, 6.45) is -1.00. The molecule has 0 radical (unpaired) electrons. The predicted molar refractivity (Wildman–Crippen MR) is 65.8 cm³/mol. The van der Waals surface area contributed by atoms with Gasteiger partial charge in [-0.3, -0.25) is 9.48 Å². The van der Waals surface area contributed by atoms with Crippen LogP contribution in [-0.4, -0.2) is 53.4 Å². The predicted octanol–water partition coefficient (Wildman–Crippen LogP) is 0.739. The van der Waals surface area contributed by atoms with E-state index >= 15 is 0 Å². The first kappa shape index (κ1) is 14.8. The number of carbonyl (C=O) groups is 1. The molecule has 0 unspecified atom stereocenters. The molecule has 1 saturated heterocycles. The van der Waals surface area contributed by atoms with Crippen LogP contribution in [0.2, 0.25) is 0 Å². The van der Waals surface area contributed by atoms with Crippen LogP contribution in [0.3, 0.4) is 0 Å². The molecule has 5 nitrogen and oxygen atoms in total. The van der Waals surface area contributed by atoms with Gasteiger partial charge in [0.25, 0.3) is 0 Å². The Bertz CT molecular complexity index is 446. The normalized spacial score (nSPS) is 24.0. The maximum absolute atomic E-state index is 12.9. The topological polar surface area (TPSA) is 50.2 Å². The van der Waals surface area contributed by atoms with Crippen LogP contribution in [0.25, 0.3) is 0 Å². The van der Waals surface area contributed by atoms with Gasteiger partial charge in [0.2, 0.25) is 5.91 Å². The SMILES string of the molecule is CN1C[C@@H](C(F)(F)F)[C@H](C(=O)NCCn2cccn2)C1. The number of carbonyl (C=O) groups excluding carboxylic acids is 1. The highest BCUT2D eigenvalue weighted by molar-refractivity contribution is 5.79. The van der Waals surface area contributed by atoms with Gasteiger partial charge >= 0.3 is 6.18 Å². The molecule has 8 heteroatoms. The largest absolute Gasteiger partial charge is 0.393 e. The molecule has 0 saturated carbocycles. The average Bonchev–Trinajstić information content (AvgIpc) is 2.97. The number of hydrogen-bond acceptors (Lipinski definition) is 3. The fraction of sp³-hybridized carbons (Fsp3) is 0.667. The molecule has 1 aromatic rings. The van der Waals surface area contributed by atoms with Crippen LogP contribution in [0.1, 0.15) is 0 Å². The Balaban J connectivity index is 1.87. The van der Waals surface area contributed by atoms with Crippen LogP contribution in [0.5, 0.6) is 0 Å². The van der Waals surface area contributed by atoms with Gasteiger partial charge in [0.05, 0.1) is 18.4 Å².